The normalized spacial score (nSPS) is 11.9. The zero-order valence-corrected chi connectivity index (χ0v) is 10.8. The number of carboxylic acids is 1. The average Bonchev–Trinajstić information content (AvgIpc) is 2.69. The van der Waals surface area contributed by atoms with Crippen LogP contribution in [-0.4, -0.2) is 20.7 Å². The van der Waals surface area contributed by atoms with Gasteiger partial charge in [0.15, 0.2) is 0 Å². The van der Waals surface area contributed by atoms with Crippen molar-refractivity contribution in [3.05, 3.63) is 30.0 Å². The first kappa shape index (κ1) is 12.5. The predicted molar refractivity (Wildman–Crippen MR) is 69.9 cm³/mol. The van der Waals surface area contributed by atoms with Crippen molar-refractivity contribution < 1.29 is 15.0 Å². The smallest absolute Gasteiger partial charge is 0.315 e. The predicted octanol–water partition coefficient (Wildman–Crippen LogP) is 2.73. The number of phenols is 1. The largest absolute Gasteiger partial charge is 0.507 e. The fourth-order valence-electron chi connectivity index (χ4n) is 2.24. The standard InChI is InChI=1S/C14H17NO3/c1-4-15-10-6-5-7-11(16)9(10)8-12(15)14(2,3)13(17)18/h5-8,16H,4H2,1-3H3,(H,17,18). The number of aliphatic carboxylic acids is 1. The van der Waals surface area contributed by atoms with Crippen molar-refractivity contribution in [2.45, 2.75) is 32.7 Å². The van der Waals surface area contributed by atoms with Gasteiger partial charge in [-0.25, -0.2) is 0 Å². The molecule has 0 aliphatic carbocycles. The van der Waals surface area contributed by atoms with E-state index in [1.54, 1.807) is 32.0 Å². The van der Waals surface area contributed by atoms with E-state index in [9.17, 15) is 15.0 Å². The summed E-state index contributed by atoms with van der Waals surface area (Å²) in [5.74, 6) is -0.693. The van der Waals surface area contributed by atoms with Crippen LogP contribution in [0.3, 0.4) is 0 Å². The molecule has 0 atom stereocenters. The van der Waals surface area contributed by atoms with Gasteiger partial charge in [-0.05, 0) is 39.0 Å². The highest BCUT2D eigenvalue weighted by Gasteiger charge is 2.33. The number of hydrogen-bond donors (Lipinski definition) is 2. The van der Waals surface area contributed by atoms with Gasteiger partial charge in [-0.2, -0.15) is 0 Å². The Morgan fingerprint density at radius 3 is 2.61 bits per heavy atom. The molecular weight excluding hydrogens is 230 g/mol. The monoisotopic (exact) mass is 247 g/mol. The van der Waals surface area contributed by atoms with Gasteiger partial charge in [0, 0.05) is 17.6 Å². The van der Waals surface area contributed by atoms with E-state index in [-0.39, 0.29) is 5.75 Å². The molecule has 2 rings (SSSR count). The van der Waals surface area contributed by atoms with Gasteiger partial charge in [0.1, 0.15) is 11.2 Å². The number of fused-ring (bicyclic) bond motifs is 1. The third-order valence-corrected chi connectivity index (χ3v) is 3.41. The maximum absolute atomic E-state index is 11.4. The summed E-state index contributed by atoms with van der Waals surface area (Å²) in [5, 5.41) is 19.9. The summed E-state index contributed by atoms with van der Waals surface area (Å²) >= 11 is 0. The summed E-state index contributed by atoms with van der Waals surface area (Å²) in [6, 6.07) is 7.03. The number of carbonyl (C=O) groups is 1. The maximum atomic E-state index is 11.4. The fourth-order valence-corrected chi connectivity index (χ4v) is 2.24. The summed E-state index contributed by atoms with van der Waals surface area (Å²) in [6.45, 7) is 5.98. The van der Waals surface area contributed by atoms with E-state index in [0.717, 1.165) is 5.52 Å². The average molecular weight is 247 g/mol. The molecule has 4 heteroatoms. The Morgan fingerprint density at radius 1 is 1.39 bits per heavy atom. The van der Waals surface area contributed by atoms with Crippen molar-refractivity contribution in [2.75, 3.05) is 0 Å². The Balaban J connectivity index is 2.80. The summed E-state index contributed by atoms with van der Waals surface area (Å²) in [5.41, 5.74) is 0.581. The molecule has 2 N–H and O–H groups in total. The van der Waals surface area contributed by atoms with Crippen LogP contribution in [0.25, 0.3) is 10.9 Å². The van der Waals surface area contributed by atoms with Crippen molar-refractivity contribution in [1.82, 2.24) is 4.57 Å². The lowest BCUT2D eigenvalue weighted by molar-refractivity contribution is -0.142. The topological polar surface area (TPSA) is 62.5 Å². The minimum absolute atomic E-state index is 0.183. The summed E-state index contributed by atoms with van der Waals surface area (Å²) in [7, 11) is 0. The van der Waals surface area contributed by atoms with Gasteiger partial charge in [0.25, 0.3) is 0 Å². The molecule has 0 fully saturated rings. The van der Waals surface area contributed by atoms with E-state index in [1.807, 2.05) is 17.6 Å². The number of nitrogens with zero attached hydrogens (tertiary/aromatic N) is 1. The van der Waals surface area contributed by atoms with Crippen LogP contribution in [-0.2, 0) is 16.8 Å². The van der Waals surface area contributed by atoms with Crippen LogP contribution in [0, 0.1) is 0 Å². The molecule has 1 aromatic carbocycles. The molecule has 2 aromatic rings. The molecule has 0 amide bonds. The molecule has 1 aromatic heterocycles. The van der Waals surface area contributed by atoms with E-state index in [1.165, 1.54) is 0 Å². The van der Waals surface area contributed by atoms with Crippen LogP contribution in [0.4, 0.5) is 0 Å². The molecule has 0 saturated carbocycles. The van der Waals surface area contributed by atoms with Crippen molar-refractivity contribution in [3.63, 3.8) is 0 Å². The van der Waals surface area contributed by atoms with E-state index < -0.39 is 11.4 Å². The van der Waals surface area contributed by atoms with Crippen molar-refractivity contribution >= 4 is 16.9 Å². The first-order valence-corrected chi connectivity index (χ1v) is 5.94. The van der Waals surface area contributed by atoms with Crippen LogP contribution in [0.1, 0.15) is 26.5 Å². The third-order valence-electron chi connectivity index (χ3n) is 3.41. The van der Waals surface area contributed by atoms with Crippen molar-refractivity contribution in [1.29, 1.82) is 0 Å². The highest BCUT2D eigenvalue weighted by molar-refractivity contribution is 5.90. The minimum atomic E-state index is -0.985. The van der Waals surface area contributed by atoms with Gasteiger partial charge in [-0.1, -0.05) is 6.07 Å². The van der Waals surface area contributed by atoms with Gasteiger partial charge < -0.3 is 14.8 Å². The number of hydrogen-bond acceptors (Lipinski definition) is 2. The quantitative estimate of drug-likeness (QED) is 0.876. The van der Waals surface area contributed by atoms with Crippen molar-refractivity contribution in [2.24, 2.45) is 0 Å². The summed E-state index contributed by atoms with van der Waals surface area (Å²) in [6.07, 6.45) is 0. The molecule has 0 unspecified atom stereocenters. The molecule has 18 heavy (non-hydrogen) atoms. The second-order valence-electron chi connectivity index (χ2n) is 4.91. The van der Waals surface area contributed by atoms with Gasteiger partial charge >= 0.3 is 5.97 Å². The number of benzene rings is 1. The SMILES string of the molecule is CCn1c(C(C)(C)C(=O)O)cc2c(O)cccc21. The number of carboxylic acid groups (broad SMARTS) is 1. The molecule has 0 saturated heterocycles. The number of phenolic OH excluding ortho intramolecular Hbond substituents is 1. The van der Waals surface area contributed by atoms with Gasteiger partial charge in [0.2, 0.25) is 0 Å². The third kappa shape index (κ3) is 1.65. The summed E-state index contributed by atoms with van der Waals surface area (Å²) < 4.78 is 1.93. The zero-order valence-electron chi connectivity index (χ0n) is 10.8. The van der Waals surface area contributed by atoms with E-state index in [2.05, 4.69) is 0 Å². The van der Waals surface area contributed by atoms with Crippen LogP contribution >= 0.6 is 0 Å². The lowest BCUT2D eigenvalue weighted by atomic mass is 9.89. The van der Waals surface area contributed by atoms with Crippen LogP contribution in [0.2, 0.25) is 0 Å². The Morgan fingerprint density at radius 2 is 2.06 bits per heavy atom. The first-order valence-electron chi connectivity index (χ1n) is 5.94. The number of rotatable bonds is 3. The van der Waals surface area contributed by atoms with E-state index in [0.29, 0.717) is 17.6 Å². The molecule has 0 spiro atoms. The Kier molecular flexibility index (Phi) is 2.81. The Bertz CT molecular complexity index is 611. The van der Waals surface area contributed by atoms with Gasteiger partial charge in [-0.15, -0.1) is 0 Å². The van der Waals surface area contributed by atoms with E-state index in [4.69, 9.17) is 0 Å². The Labute approximate surface area is 105 Å². The van der Waals surface area contributed by atoms with E-state index >= 15 is 0 Å². The van der Waals surface area contributed by atoms with Crippen LogP contribution in [0.15, 0.2) is 24.3 Å². The minimum Gasteiger partial charge on any atom is -0.507 e. The molecule has 4 nitrogen and oxygen atoms in total. The zero-order chi connectivity index (χ0) is 13.5. The van der Waals surface area contributed by atoms with Crippen LogP contribution < -0.4 is 0 Å². The van der Waals surface area contributed by atoms with Gasteiger partial charge in [0.05, 0.1) is 5.52 Å². The molecule has 96 valence electrons. The number of aryl methyl sites for hydroxylation is 1. The second-order valence-corrected chi connectivity index (χ2v) is 4.91. The van der Waals surface area contributed by atoms with Crippen LogP contribution in [0.5, 0.6) is 5.75 Å². The van der Waals surface area contributed by atoms with Crippen molar-refractivity contribution in [3.8, 4) is 5.75 Å². The highest BCUT2D eigenvalue weighted by Crippen LogP contribution is 2.34. The summed E-state index contributed by atoms with van der Waals surface area (Å²) in [4.78, 5) is 11.4. The molecule has 0 aliphatic heterocycles. The molecule has 0 radical (unpaired) electrons. The highest BCUT2D eigenvalue weighted by atomic mass is 16.4. The Hall–Kier alpha value is -1.97. The fraction of sp³-hybridized carbons (Fsp3) is 0.357. The second kappa shape index (κ2) is 4.05. The number of aromatic nitrogens is 1. The molecule has 0 bridgehead atoms. The lowest BCUT2D eigenvalue weighted by Crippen LogP contribution is -2.31. The number of aromatic hydroxyl groups is 1. The first-order chi connectivity index (χ1) is 8.39. The molecule has 0 aliphatic rings. The molecule has 1 heterocycles. The molecular formula is C14H17NO3. The lowest BCUT2D eigenvalue weighted by Gasteiger charge is -2.21. The van der Waals surface area contributed by atoms with Gasteiger partial charge in [-0.3, -0.25) is 4.79 Å². The maximum Gasteiger partial charge on any atom is 0.315 e.